The first-order valence-corrected chi connectivity index (χ1v) is 5.19. The SMILES string of the molecule is CC(=O)OCc1cc(N=O)ccc1-c1cnco1. The highest BCUT2D eigenvalue weighted by atomic mass is 16.5. The molecule has 1 aromatic heterocycles. The Morgan fingerprint density at radius 1 is 1.50 bits per heavy atom. The summed E-state index contributed by atoms with van der Waals surface area (Å²) in [4.78, 5) is 25.1. The van der Waals surface area contributed by atoms with Gasteiger partial charge in [-0.1, -0.05) is 0 Å². The Kier molecular flexibility index (Phi) is 3.47. The molecule has 6 heteroatoms. The van der Waals surface area contributed by atoms with Crippen LogP contribution in [0.4, 0.5) is 5.69 Å². The van der Waals surface area contributed by atoms with Crippen molar-refractivity contribution in [3.63, 3.8) is 0 Å². The quantitative estimate of drug-likeness (QED) is 0.612. The number of aromatic nitrogens is 1. The normalized spacial score (nSPS) is 10.1. The fourth-order valence-corrected chi connectivity index (χ4v) is 1.52. The number of nitrogens with zero attached hydrogens (tertiary/aromatic N) is 2. The molecule has 0 amide bonds. The molecule has 2 rings (SSSR count). The number of benzene rings is 1. The predicted molar refractivity (Wildman–Crippen MR) is 62.9 cm³/mol. The Morgan fingerprint density at radius 2 is 2.33 bits per heavy atom. The van der Waals surface area contributed by atoms with Gasteiger partial charge in [0.2, 0.25) is 0 Å². The van der Waals surface area contributed by atoms with Gasteiger partial charge in [-0.25, -0.2) is 4.98 Å². The van der Waals surface area contributed by atoms with E-state index in [0.717, 1.165) is 0 Å². The van der Waals surface area contributed by atoms with E-state index in [0.29, 0.717) is 16.9 Å². The van der Waals surface area contributed by atoms with Crippen LogP contribution in [0.3, 0.4) is 0 Å². The van der Waals surface area contributed by atoms with Crippen LogP contribution >= 0.6 is 0 Å². The van der Waals surface area contributed by atoms with E-state index in [-0.39, 0.29) is 12.3 Å². The topological polar surface area (TPSA) is 81.8 Å². The van der Waals surface area contributed by atoms with Crippen LogP contribution in [-0.4, -0.2) is 11.0 Å². The highest BCUT2D eigenvalue weighted by molar-refractivity contribution is 5.68. The Bertz CT molecular complexity index is 563. The van der Waals surface area contributed by atoms with Gasteiger partial charge in [0.15, 0.2) is 12.2 Å². The zero-order valence-electron chi connectivity index (χ0n) is 9.62. The minimum atomic E-state index is -0.400. The lowest BCUT2D eigenvalue weighted by Gasteiger charge is -2.07. The molecule has 0 spiro atoms. The fourth-order valence-electron chi connectivity index (χ4n) is 1.52. The summed E-state index contributed by atoms with van der Waals surface area (Å²) in [5, 5.41) is 2.84. The van der Waals surface area contributed by atoms with Crippen LogP contribution in [0.2, 0.25) is 0 Å². The molecule has 0 saturated heterocycles. The van der Waals surface area contributed by atoms with Crippen molar-refractivity contribution in [2.24, 2.45) is 5.18 Å². The highest BCUT2D eigenvalue weighted by Crippen LogP contribution is 2.27. The van der Waals surface area contributed by atoms with Crippen molar-refractivity contribution in [2.45, 2.75) is 13.5 Å². The first-order valence-electron chi connectivity index (χ1n) is 5.19. The number of oxazole rings is 1. The Labute approximate surface area is 103 Å². The third-order valence-electron chi connectivity index (χ3n) is 2.32. The number of nitroso groups, excluding NO2 is 1. The van der Waals surface area contributed by atoms with Gasteiger partial charge in [0.25, 0.3) is 0 Å². The summed E-state index contributed by atoms with van der Waals surface area (Å²) in [6.07, 6.45) is 2.84. The third-order valence-corrected chi connectivity index (χ3v) is 2.32. The molecule has 1 aromatic carbocycles. The molecule has 0 bridgehead atoms. The van der Waals surface area contributed by atoms with Gasteiger partial charge >= 0.3 is 5.97 Å². The van der Waals surface area contributed by atoms with Crippen LogP contribution < -0.4 is 0 Å². The summed E-state index contributed by atoms with van der Waals surface area (Å²) in [5.41, 5.74) is 1.61. The van der Waals surface area contributed by atoms with Crippen LogP contribution in [0.1, 0.15) is 12.5 Å². The summed E-state index contributed by atoms with van der Waals surface area (Å²) in [6.45, 7) is 1.37. The molecule has 0 saturated carbocycles. The van der Waals surface area contributed by atoms with E-state index in [4.69, 9.17) is 9.15 Å². The van der Waals surface area contributed by atoms with E-state index in [1.165, 1.54) is 13.3 Å². The monoisotopic (exact) mass is 246 g/mol. The van der Waals surface area contributed by atoms with Crippen LogP contribution in [-0.2, 0) is 16.1 Å². The van der Waals surface area contributed by atoms with Crippen molar-refractivity contribution >= 4 is 11.7 Å². The Hall–Kier alpha value is -2.50. The van der Waals surface area contributed by atoms with Gasteiger partial charge in [-0.2, -0.15) is 0 Å². The summed E-state index contributed by atoms with van der Waals surface area (Å²) in [7, 11) is 0. The van der Waals surface area contributed by atoms with Gasteiger partial charge in [-0.05, 0) is 23.4 Å². The molecule has 0 N–H and O–H groups in total. The maximum atomic E-state index is 10.8. The fraction of sp³-hybridized carbons (Fsp3) is 0.167. The maximum absolute atomic E-state index is 10.8. The average Bonchev–Trinajstić information content (AvgIpc) is 2.89. The number of carbonyl (C=O) groups excluding carboxylic acids is 1. The van der Waals surface area contributed by atoms with Crippen molar-refractivity contribution in [3.05, 3.63) is 41.3 Å². The lowest BCUT2D eigenvalue weighted by Crippen LogP contribution is -2.00. The predicted octanol–water partition coefficient (Wildman–Crippen LogP) is 2.80. The molecule has 0 fully saturated rings. The van der Waals surface area contributed by atoms with Crippen LogP contribution in [0.25, 0.3) is 11.3 Å². The molecule has 0 aliphatic rings. The molecular weight excluding hydrogens is 236 g/mol. The number of hydrogen-bond acceptors (Lipinski definition) is 6. The van der Waals surface area contributed by atoms with Crippen LogP contribution in [0.15, 0.2) is 40.4 Å². The van der Waals surface area contributed by atoms with Crippen molar-refractivity contribution in [2.75, 3.05) is 0 Å². The lowest BCUT2D eigenvalue weighted by atomic mass is 10.1. The number of esters is 1. The lowest BCUT2D eigenvalue weighted by molar-refractivity contribution is -0.142. The molecule has 92 valence electrons. The summed E-state index contributed by atoms with van der Waals surface area (Å²) < 4.78 is 10.1. The van der Waals surface area contributed by atoms with Gasteiger partial charge in [0.1, 0.15) is 12.3 Å². The van der Waals surface area contributed by atoms with Gasteiger partial charge in [0.05, 0.1) is 6.20 Å². The van der Waals surface area contributed by atoms with E-state index in [9.17, 15) is 9.70 Å². The molecular formula is C12H10N2O4. The second kappa shape index (κ2) is 5.22. The van der Waals surface area contributed by atoms with Crippen molar-refractivity contribution in [3.8, 4) is 11.3 Å². The van der Waals surface area contributed by atoms with Gasteiger partial charge in [-0.3, -0.25) is 4.79 Å². The first-order chi connectivity index (χ1) is 8.70. The Balaban J connectivity index is 2.38. The molecule has 0 atom stereocenters. The van der Waals surface area contributed by atoms with Crippen LogP contribution in [0, 0.1) is 4.91 Å². The molecule has 0 aliphatic carbocycles. The smallest absolute Gasteiger partial charge is 0.302 e. The van der Waals surface area contributed by atoms with Gasteiger partial charge in [0, 0.05) is 18.1 Å². The molecule has 0 unspecified atom stereocenters. The zero-order valence-corrected chi connectivity index (χ0v) is 9.62. The van der Waals surface area contributed by atoms with E-state index in [1.54, 1.807) is 24.4 Å². The van der Waals surface area contributed by atoms with Crippen molar-refractivity contribution in [1.29, 1.82) is 0 Å². The van der Waals surface area contributed by atoms with Gasteiger partial charge < -0.3 is 9.15 Å². The molecule has 0 radical (unpaired) electrons. The third kappa shape index (κ3) is 2.60. The van der Waals surface area contributed by atoms with Crippen LogP contribution in [0.5, 0.6) is 0 Å². The average molecular weight is 246 g/mol. The number of carbonyl (C=O) groups is 1. The summed E-state index contributed by atoms with van der Waals surface area (Å²) >= 11 is 0. The van der Waals surface area contributed by atoms with Gasteiger partial charge in [-0.15, -0.1) is 4.91 Å². The number of rotatable bonds is 4. The van der Waals surface area contributed by atoms with E-state index < -0.39 is 5.97 Å². The van der Waals surface area contributed by atoms with Crippen molar-refractivity contribution < 1.29 is 13.9 Å². The molecule has 1 heterocycles. The number of hydrogen-bond donors (Lipinski definition) is 0. The van der Waals surface area contributed by atoms with E-state index >= 15 is 0 Å². The van der Waals surface area contributed by atoms with E-state index in [2.05, 4.69) is 10.2 Å². The second-order valence-corrected chi connectivity index (χ2v) is 3.58. The molecule has 18 heavy (non-hydrogen) atoms. The maximum Gasteiger partial charge on any atom is 0.302 e. The summed E-state index contributed by atoms with van der Waals surface area (Å²) in [6, 6.07) is 4.78. The van der Waals surface area contributed by atoms with E-state index in [1.807, 2.05) is 0 Å². The highest BCUT2D eigenvalue weighted by Gasteiger charge is 2.11. The standard InChI is InChI=1S/C12H10N2O4/c1-8(15)17-6-9-4-10(14-16)2-3-11(9)12-5-13-7-18-12/h2-5,7H,6H2,1H3. The largest absolute Gasteiger partial charge is 0.461 e. The summed E-state index contributed by atoms with van der Waals surface area (Å²) in [5.74, 6) is 0.137. The Morgan fingerprint density at radius 3 is 2.94 bits per heavy atom. The minimum Gasteiger partial charge on any atom is -0.461 e. The first kappa shape index (κ1) is 12.0. The van der Waals surface area contributed by atoms with Crippen molar-refractivity contribution in [1.82, 2.24) is 4.98 Å². The zero-order chi connectivity index (χ0) is 13.0. The second-order valence-electron chi connectivity index (χ2n) is 3.58. The molecule has 6 nitrogen and oxygen atoms in total. The number of ether oxygens (including phenoxy) is 1. The molecule has 2 aromatic rings. The molecule has 0 aliphatic heterocycles. The minimum absolute atomic E-state index is 0.0503.